The summed E-state index contributed by atoms with van der Waals surface area (Å²) in [6.07, 6.45) is 0. The van der Waals surface area contributed by atoms with E-state index in [0.717, 1.165) is 25.4 Å². The van der Waals surface area contributed by atoms with Crippen LogP contribution in [0.4, 0.5) is 5.69 Å². The fourth-order valence-electron chi connectivity index (χ4n) is 1.75. The zero-order chi connectivity index (χ0) is 15.5. The van der Waals surface area contributed by atoms with Crippen molar-refractivity contribution in [2.75, 3.05) is 33.0 Å². The fourth-order valence-corrected chi connectivity index (χ4v) is 2.59. The molecule has 1 rings (SSSR count). The number of benzene rings is 1. The number of para-hydroxylation sites is 1. The van der Waals surface area contributed by atoms with Gasteiger partial charge < -0.3 is 5.32 Å². The normalized spacial score (nSPS) is 11.9. The Morgan fingerprint density at radius 3 is 2.10 bits per heavy atom. The minimum Gasteiger partial charge on any atom is -0.324 e. The van der Waals surface area contributed by atoms with E-state index in [1.54, 1.807) is 0 Å². The number of carbonyl (C=O) groups is 1. The zero-order valence-corrected chi connectivity index (χ0v) is 13.3. The molecule has 1 aromatic rings. The average Bonchev–Trinajstić information content (AvgIpc) is 2.33. The molecule has 0 fully saturated rings. The first-order valence-corrected chi connectivity index (χ1v) is 7.56. The van der Waals surface area contributed by atoms with Crippen molar-refractivity contribution in [3.05, 3.63) is 29.3 Å². The highest BCUT2D eigenvalue weighted by Gasteiger charge is 2.22. The van der Waals surface area contributed by atoms with Crippen LogP contribution in [0.25, 0.3) is 0 Å². The summed E-state index contributed by atoms with van der Waals surface area (Å²) in [4.78, 5) is 12.0. The molecule has 1 aromatic carbocycles. The average molecular weight is 299 g/mol. The first-order valence-electron chi connectivity index (χ1n) is 6.16. The van der Waals surface area contributed by atoms with Gasteiger partial charge >= 0.3 is 0 Å². The lowest BCUT2D eigenvalue weighted by Gasteiger charge is -2.21. The van der Waals surface area contributed by atoms with Crippen LogP contribution in [0.2, 0.25) is 0 Å². The Balaban J connectivity index is 2.79. The van der Waals surface area contributed by atoms with E-state index in [4.69, 9.17) is 0 Å². The van der Waals surface area contributed by atoms with Crippen molar-refractivity contribution in [2.45, 2.75) is 13.8 Å². The summed E-state index contributed by atoms with van der Waals surface area (Å²) in [6, 6.07) is 5.69. The summed E-state index contributed by atoms with van der Waals surface area (Å²) in [6.45, 7) is 3.56. The first-order chi connectivity index (χ1) is 9.16. The number of aryl methyl sites for hydroxylation is 2. The van der Waals surface area contributed by atoms with Gasteiger partial charge in [-0.15, -0.1) is 0 Å². The Morgan fingerprint density at radius 2 is 1.65 bits per heavy atom. The third-order valence-corrected chi connectivity index (χ3v) is 4.81. The molecule has 0 radical (unpaired) electrons. The lowest BCUT2D eigenvalue weighted by molar-refractivity contribution is -0.116. The summed E-state index contributed by atoms with van der Waals surface area (Å²) in [5, 5.41) is 2.76. The topological polar surface area (TPSA) is 69.7 Å². The monoisotopic (exact) mass is 299 g/mol. The molecule has 0 aliphatic rings. The van der Waals surface area contributed by atoms with Crippen LogP contribution in [-0.4, -0.2) is 50.6 Å². The Morgan fingerprint density at radius 1 is 1.15 bits per heavy atom. The Kier molecular flexibility index (Phi) is 5.27. The van der Waals surface area contributed by atoms with Crippen LogP contribution in [0.15, 0.2) is 18.2 Å². The molecule has 0 spiro atoms. The van der Waals surface area contributed by atoms with E-state index < -0.39 is 10.2 Å². The van der Waals surface area contributed by atoms with Crippen LogP contribution in [0.5, 0.6) is 0 Å². The van der Waals surface area contributed by atoms with Gasteiger partial charge in [0.05, 0.1) is 6.54 Å². The maximum Gasteiger partial charge on any atom is 0.281 e. The third kappa shape index (κ3) is 3.78. The van der Waals surface area contributed by atoms with E-state index in [1.807, 2.05) is 32.0 Å². The molecule has 0 aliphatic carbocycles. The van der Waals surface area contributed by atoms with Crippen molar-refractivity contribution in [1.29, 1.82) is 0 Å². The van der Waals surface area contributed by atoms with Crippen molar-refractivity contribution in [3.8, 4) is 0 Å². The standard InChI is InChI=1S/C13H21N3O3S/c1-10-7-6-8-11(2)13(10)14-12(17)9-16(5)20(18,19)15(3)4/h6-8H,9H2,1-5H3,(H,14,17). The molecule has 0 atom stereocenters. The largest absolute Gasteiger partial charge is 0.324 e. The molecule has 1 amide bonds. The summed E-state index contributed by atoms with van der Waals surface area (Å²) < 4.78 is 25.7. The molecule has 112 valence electrons. The van der Waals surface area contributed by atoms with Crippen LogP contribution in [0.3, 0.4) is 0 Å². The van der Waals surface area contributed by atoms with E-state index in [9.17, 15) is 13.2 Å². The summed E-state index contributed by atoms with van der Waals surface area (Å²) in [7, 11) is 0.648. The van der Waals surface area contributed by atoms with Crippen LogP contribution < -0.4 is 5.32 Å². The minimum atomic E-state index is -3.58. The number of rotatable bonds is 5. The molecule has 0 saturated heterocycles. The fraction of sp³-hybridized carbons (Fsp3) is 0.462. The second kappa shape index (κ2) is 6.34. The van der Waals surface area contributed by atoms with Gasteiger partial charge in [-0.3, -0.25) is 4.79 Å². The maximum atomic E-state index is 12.0. The van der Waals surface area contributed by atoms with E-state index in [1.165, 1.54) is 21.1 Å². The minimum absolute atomic E-state index is 0.228. The van der Waals surface area contributed by atoms with Crippen molar-refractivity contribution >= 4 is 21.8 Å². The van der Waals surface area contributed by atoms with Gasteiger partial charge in [-0.25, -0.2) is 0 Å². The van der Waals surface area contributed by atoms with E-state index in [2.05, 4.69) is 5.32 Å². The highest BCUT2D eigenvalue weighted by molar-refractivity contribution is 7.86. The van der Waals surface area contributed by atoms with Crippen LogP contribution in [0, 0.1) is 13.8 Å². The van der Waals surface area contributed by atoms with Crippen LogP contribution >= 0.6 is 0 Å². The van der Waals surface area contributed by atoms with E-state index >= 15 is 0 Å². The molecule has 0 saturated carbocycles. The molecule has 0 heterocycles. The molecule has 0 aliphatic heterocycles. The molecule has 0 unspecified atom stereocenters. The molecule has 7 heteroatoms. The predicted molar refractivity (Wildman–Crippen MR) is 79.8 cm³/mol. The Bertz CT molecular complexity index is 577. The summed E-state index contributed by atoms with van der Waals surface area (Å²) >= 11 is 0. The molecule has 20 heavy (non-hydrogen) atoms. The molecule has 0 bridgehead atoms. The number of likely N-dealkylation sites (N-methyl/N-ethyl adjacent to an activating group) is 1. The van der Waals surface area contributed by atoms with Crippen LogP contribution in [-0.2, 0) is 15.0 Å². The van der Waals surface area contributed by atoms with Crippen molar-refractivity contribution in [2.24, 2.45) is 0 Å². The molecule has 0 aromatic heterocycles. The SMILES string of the molecule is Cc1cccc(C)c1NC(=O)CN(C)S(=O)(=O)N(C)C. The second-order valence-electron chi connectivity index (χ2n) is 4.86. The highest BCUT2D eigenvalue weighted by atomic mass is 32.2. The summed E-state index contributed by atoms with van der Waals surface area (Å²) in [5.41, 5.74) is 2.61. The van der Waals surface area contributed by atoms with Gasteiger partial charge in [0.25, 0.3) is 10.2 Å². The van der Waals surface area contributed by atoms with Gasteiger partial charge in [0.15, 0.2) is 0 Å². The Labute approximate surface area is 120 Å². The lowest BCUT2D eigenvalue weighted by Crippen LogP contribution is -2.41. The number of anilines is 1. The maximum absolute atomic E-state index is 12.0. The van der Waals surface area contributed by atoms with Gasteiger partial charge in [-0.2, -0.15) is 17.0 Å². The first kappa shape index (κ1) is 16.6. The number of hydrogen-bond acceptors (Lipinski definition) is 3. The number of nitrogens with one attached hydrogen (secondary N) is 1. The van der Waals surface area contributed by atoms with Gasteiger partial charge in [-0.05, 0) is 25.0 Å². The zero-order valence-electron chi connectivity index (χ0n) is 12.5. The smallest absolute Gasteiger partial charge is 0.281 e. The number of carbonyl (C=O) groups excluding carboxylic acids is 1. The highest BCUT2D eigenvalue weighted by Crippen LogP contribution is 2.19. The molecular weight excluding hydrogens is 278 g/mol. The number of hydrogen-bond donors (Lipinski definition) is 1. The number of nitrogens with zero attached hydrogens (tertiary/aromatic N) is 2. The molecule has 1 N–H and O–H groups in total. The van der Waals surface area contributed by atoms with Gasteiger partial charge in [0, 0.05) is 26.8 Å². The van der Waals surface area contributed by atoms with Crippen molar-refractivity contribution in [1.82, 2.24) is 8.61 Å². The van der Waals surface area contributed by atoms with Crippen LogP contribution in [0.1, 0.15) is 11.1 Å². The molecular formula is C13H21N3O3S. The third-order valence-electron chi connectivity index (χ3n) is 2.97. The lowest BCUT2D eigenvalue weighted by atomic mass is 10.1. The van der Waals surface area contributed by atoms with Gasteiger partial charge in [0.1, 0.15) is 0 Å². The second-order valence-corrected chi connectivity index (χ2v) is 7.11. The van der Waals surface area contributed by atoms with E-state index in [0.29, 0.717) is 0 Å². The summed E-state index contributed by atoms with van der Waals surface area (Å²) in [5.74, 6) is -0.365. The quantitative estimate of drug-likeness (QED) is 0.881. The van der Waals surface area contributed by atoms with Crippen molar-refractivity contribution in [3.63, 3.8) is 0 Å². The Hall–Kier alpha value is -1.44. The van der Waals surface area contributed by atoms with Gasteiger partial charge in [-0.1, -0.05) is 18.2 Å². The van der Waals surface area contributed by atoms with Crippen molar-refractivity contribution < 1.29 is 13.2 Å². The predicted octanol–water partition coefficient (Wildman–Crippen LogP) is 0.980. The van der Waals surface area contributed by atoms with E-state index in [-0.39, 0.29) is 12.5 Å². The van der Waals surface area contributed by atoms with Gasteiger partial charge in [0.2, 0.25) is 5.91 Å². The molecule has 6 nitrogen and oxygen atoms in total. The number of amides is 1.